The summed E-state index contributed by atoms with van der Waals surface area (Å²) in [5.41, 5.74) is 19.1. The first-order valence-corrected chi connectivity index (χ1v) is 26.4. The Bertz CT molecular complexity index is 3610. The van der Waals surface area contributed by atoms with Gasteiger partial charge >= 0.3 is 0 Å². The fraction of sp³-hybridized carbons (Fsp3) is 0.0294. The Morgan fingerprint density at radius 2 is 0.714 bits per heavy atom. The molecule has 1 atom stereocenters. The van der Waals surface area contributed by atoms with Crippen LogP contribution in [0.4, 0.5) is 17.1 Å². The van der Waals surface area contributed by atoms with E-state index in [1.54, 1.807) is 0 Å². The van der Waals surface area contributed by atoms with Crippen LogP contribution in [0.25, 0.3) is 55.6 Å². The molecule has 0 saturated heterocycles. The quantitative estimate of drug-likeness (QED) is 0.130. The van der Waals surface area contributed by atoms with Gasteiger partial charge in [-0.2, -0.15) is 0 Å². The predicted octanol–water partition coefficient (Wildman–Crippen LogP) is 14.8. The maximum Gasteiger partial charge on any atom is 0.180 e. The lowest BCUT2D eigenvalue weighted by atomic mass is 9.74. The summed E-state index contributed by atoms with van der Waals surface area (Å²) in [7, 11) is -2.95. The van der Waals surface area contributed by atoms with Crippen LogP contribution in [0.5, 0.6) is 0 Å². The van der Waals surface area contributed by atoms with E-state index in [4.69, 9.17) is 0 Å². The van der Waals surface area contributed by atoms with Gasteiger partial charge in [-0.1, -0.05) is 237 Å². The minimum absolute atomic E-state index is 0.380. The SMILES string of the molecule is CC1(c2ccccc2)c2ccccc2-c2ccc(N(c3cc(-c4ccccc4)cc(-c4ccccc4)c3)c3cc(-c4ccccc4)cc([Si]4(c5ccccc5)c5ccccc5-c5ccccc54)c3)cc21. The Kier molecular flexibility index (Phi) is 10.0. The molecule has 11 aromatic carbocycles. The Morgan fingerprint density at radius 1 is 0.286 bits per heavy atom. The molecule has 1 heterocycles. The zero-order chi connectivity index (χ0) is 46.7. The van der Waals surface area contributed by atoms with E-state index in [2.05, 4.69) is 291 Å². The van der Waals surface area contributed by atoms with Crippen molar-refractivity contribution in [2.24, 2.45) is 0 Å². The van der Waals surface area contributed by atoms with Gasteiger partial charge < -0.3 is 4.90 Å². The van der Waals surface area contributed by atoms with Crippen LogP contribution in [0.15, 0.2) is 279 Å². The van der Waals surface area contributed by atoms with Crippen molar-refractivity contribution < 1.29 is 0 Å². The number of hydrogen-bond donors (Lipinski definition) is 0. The predicted molar refractivity (Wildman–Crippen MR) is 297 cm³/mol. The van der Waals surface area contributed by atoms with Gasteiger partial charge in [0.1, 0.15) is 0 Å². The van der Waals surface area contributed by atoms with E-state index in [0.29, 0.717) is 0 Å². The summed E-state index contributed by atoms with van der Waals surface area (Å²) in [5, 5.41) is 5.58. The number of anilines is 3. The fourth-order valence-electron chi connectivity index (χ4n) is 11.9. The van der Waals surface area contributed by atoms with Crippen LogP contribution in [0, 0.1) is 0 Å². The molecule has 0 fully saturated rings. The summed E-state index contributed by atoms with van der Waals surface area (Å²) in [6.07, 6.45) is 0. The third-order valence-corrected chi connectivity index (χ3v) is 20.0. The van der Waals surface area contributed by atoms with Crippen LogP contribution in [-0.2, 0) is 5.41 Å². The molecule has 2 heteroatoms. The molecule has 0 spiro atoms. The van der Waals surface area contributed by atoms with Crippen molar-refractivity contribution in [3.8, 4) is 55.6 Å². The third-order valence-electron chi connectivity index (χ3n) is 15.2. The maximum absolute atomic E-state index is 2.95. The maximum atomic E-state index is 2.56. The van der Waals surface area contributed by atoms with Crippen molar-refractivity contribution in [2.75, 3.05) is 4.90 Å². The molecule has 70 heavy (non-hydrogen) atoms. The lowest BCUT2D eigenvalue weighted by molar-refractivity contribution is 0.714. The van der Waals surface area contributed by atoms with Crippen LogP contribution >= 0.6 is 0 Å². The molecule has 1 aliphatic heterocycles. The monoisotopic (exact) mass is 907 g/mol. The molecule has 2 aliphatic rings. The second-order valence-electron chi connectivity index (χ2n) is 18.9. The summed E-state index contributed by atoms with van der Waals surface area (Å²) < 4.78 is 0. The van der Waals surface area contributed by atoms with E-state index in [0.717, 1.165) is 28.2 Å². The molecule has 1 unspecified atom stereocenters. The van der Waals surface area contributed by atoms with Crippen molar-refractivity contribution in [3.05, 3.63) is 296 Å². The molecule has 13 rings (SSSR count). The topological polar surface area (TPSA) is 3.24 Å². The van der Waals surface area contributed by atoms with E-state index in [-0.39, 0.29) is 5.41 Å². The number of fused-ring (bicyclic) bond motifs is 6. The molecule has 11 aromatic rings. The van der Waals surface area contributed by atoms with Crippen LogP contribution in [0.1, 0.15) is 23.6 Å². The second-order valence-corrected chi connectivity index (χ2v) is 22.7. The van der Waals surface area contributed by atoms with Crippen LogP contribution < -0.4 is 25.6 Å². The smallest absolute Gasteiger partial charge is 0.180 e. The van der Waals surface area contributed by atoms with Gasteiger partial charge in [-0.05, 0) is 142 Å². The van der Waals surface area contributed by atoms with Crippen molar-refractivity contribution in [1.29, 1.82) is 0 Å². The molecule has 1 nitrogen and oxygen atoms in total. The standard InChI is InChI=1S/C68H49NSi/c1-68(54-29-13-5-14-30-54)64-36-20-17-33-60(64)61-40-39-55(47-65(61)68)69(56-42-51(48-23-7-2-8-24-48)41-52(43-56)49-25-9-3-10-26-49)57-44-53(50-27-11-4-12-28-50)45-59(46-57)70(58-31-15-6-16-32-58)66-37-21-18-34-62(66)63-35-19-22-38-67(63)70/h2-47H,1H3. The highest BCUT2D eigenvalue weighted by molar-refractivity contribution is 7.22. The van der Waals surface area contributed by atoms with Crippen molar-refractivity contribution >= 4 is 45.9 Å². The third kappa shape index (κ3) is 6.59. The van der Waals surface area contributed by atoms with Gasteiger partial charge in [-0.15, -0.1) is 0 Å². The van der Waals surface area contributed by atoms with Crippen LogP contribution in [0.3, 0.4) is 0 Å². The lowest BCUT2D eigenvalue weighted by Crippen LogP contribution is -2.72. The van der Waals surface area contributed by atoms with Gasteiger partial charge in [0, 0.05) is 22.5 Å². The number of rotatable bonds is 9. The second kappa shape index (κ2) is 16.9. The largest absolute Gasteiger partial charge is 0.310 e. The Labute approximate surface area is 412 Å². The molecular weight excluding hydrogens is 859 g/mol. The first kappa shape index (κ1) is 41.6. The zero-order valence-electron chi connectivity index (χ0n) is 39.0. The normalized spacial score (nSPS) is 14.8. The summed E-state index contributed by atoms with van der Waals surface area (Å²) in [6, 6.07) is 105. The molecule has 0 N–H and O–H groups in total. The fourth-order valence-corrected chi connectivity index (χ4v) is 17.2. The average Bonchev–Trinajstić information content (AvgIpc) is 3.89. The lowest BCUT2D eigenvalue weighted by Gasteiger charge is -2.34. The number of nitrogens with zero attached hydrogens (tertiary/aromatic N) is 1. The minimum Gasteiger partial charge on any atom is -0.310 e. The van der Waals surface area contributed by atoms with Gasteiger partial charge in [0.2, 0.25) is 0 Å². The summed E-state index contributed by atoms with van der Waals surface area (Å²) in [5.74, 6) is 0. The highest BCUT2D eigenvalue weighted by Crippen LogP contribution is 2.54. The molecule has 330 valence electrons. The minimum atomic E-state index is -2.95. The molecule has 0 bridgehead atoms. The molecule has 0 aromatic heterocycles. The summed E-state index contributed by atoms with van der Waals surface area (Å²) in [6.45, 7) is 2.42. The van der Waals surface area contributed by atoms with E-state index in [1.165, 1.54) is 81.9 Å². The van der Waals surface area contributed by atoms with Crippen LogP contribution in [0.2, 0.25) is 0 Å². The van der Waals surface area contributed by atoms with E-state index < -0.39 is 8.07 Å². The summed E-state index contributed by atoms with van der Waals surface area (Å²) >= 11 is 0. The van der Waals surface area contributed by atoms with Gasteiger partial charge in [0.05, 0.1) is 0 Å². The van der Waals surface area contributed by atoms with E-state index in [1.807, 2.05) is 0 Å². The number of benzene rings is 11. The van der Waals surface area contributed by atoms with Crippen molar-refractivity contribution in [1.82, 2.24) is 0 Å². The number of hydrogen-bond acceptors (Lipinski definition) is 1. The molecule has 0 amide bonds. The van der Waals surface area contributed by atoms with Crippen molar-refractivity contribution in [3.63, 3.8) is 0 Å². The van der Waals surface area contributed by atoms with Gasteiger partial charge in [-0.25, -0.2) is 0 Å². The first-order valence-electron chi connectivity index (χ1n) is 24.4. The zero-order valence-corrected chi connectivity index (χ0v) is 40.0. The van der Waals surface area contributed by atoms with Crippen LogP contribution in [-0.4, -0.2) is 8.07 Å². The Morgan fingerprint density at radius 3 is 1.27 bits per heavy atom. The highest BCUT2D eigenvalue weighted by Gasteiger charge is 2.49. The Balaban J connectivity index is 1.14. The average molecular weight is 908 g/mol. The Hall–Kier alpha value is -8.56. The first-order chi connectivity index (χ1) is 34.6. The van der Waals surface area contributed by atoms with E-state index in [9.17, 15) is 0 Å². The van der Waals surface area contributed by atoms with Crippen molar-refractivity contribution in [2.45, 2.75) is 12.3 Å². The van der Waals surface area contributed by atoms with E-state index >= 15 is 0 Å². The summed E-state index contributed by atoms with van der Waals surface area (Å²) in [4.78, 5) is 2.56. The molecule has 0 radical (unpaired) electrons. The molecule has 0 saturated carbocycles. The van der Waals surface area contributed by atoms with Gasteiger partial charge in [0.15, 0.2) is 8.07 Å². The molecule has 1 aliphatic carbocycles. The molecular formula is C68H49NSi. The van der Waals surface area contributed by atoms with Gasteiger partial charge in [-0.3, -0.25) is 0 Å². The highest BCUT2D eigenvalue weighted by atomic mass is 28.3. The van der Waals surface area contributed by atoms with Gasteiger partial charge in [0.25, 0.3) is 0 Å².